The molecule has 1 rings (SSSR count). The summed E-state index contributed by atoms with van der Waals surface area (Å²) in [6, 6.07) is 2.45. The molecule has 26 heavy (non-hydrogen) atoms. The van der Waals surface area contributed by atoms with Crippen LogP contribution in [-0.4, -0.2) is 29.0 Å². The first-order valence-electron chi connectivity index (χ1n) is 6.61. The molecule has 1 aromatic carbocycles. The zero-order valence-electron chi connectivity index (χ0n) is 13.0. The molecule has 12 heteroatoms. The predicted molar refractivity (Wildman–Crippen MR) is 67.6 cm³/mol. The third-order valence-corrected chi connectivity index (χ3v) is 3.37. The van der Waals surface area contributed by atoms with E-state index in [1.165, 1.54) is 0 Å². The highest BCUT2D eigenvalue weighted by Gasteiger charge is 2.77. The molecule has 1 N–H and O–H groups in total. The first kappa shape index (κ1) is 22.1. The minimum Gasteiger partial charge on any atom is -0.452 e. The van der Waals surface area contributed by atoms with Gasteiger partial charge in [0.1, 0.15) is 5.60 Å². The van der Waals surface area contributed by atoms with Crippen LogP contribution in [0.3, 0.4) is 0 Å². The Balaban J connectivity index is 3.21. The lowest BCUT2D eigenvalue weighted by Gasteiger charge is -2.34. The molecular formula is C14H11F9O3. The molecule has 0 heterocycles. The average molecular weight is 398 g/mol. The fraction of sp³-hybridized carbons (Fsp3) is 0.500. The topological polar surface area (TPSA) is 46.5 Å². The van der Waals surface area contributed by atoms with Crippen LogP contribution in [-0.2, 0) is 21.3 Å². The van der Waals surface area contributed by atoms with Crippen molar-refractivity contribution in [3.8, 4) is 0 Å². The van der Waals surface area contributed by atoms with Crippen molar-refractivity contribution in [3.05, 3.63) is 35.4 Å². The molecule has 0 atom stereocenters. The lowest BCUT2D eigenvalue weighted by atomic mass is 9.95. The maximum atomic E-state index is 12.6. The number of aliphatic hydroxyl groups is 1. The molecule has 3 nitrogen and oxygen atoms in total. The van der Waals surface area contributed by atoms with Crippen LogP contribution in [0.15, 0.2) is 24.3 Å². The highest BCUT2D eigenvalue weighted by Crippen LogP contribution is 2.45. The van der Waals surface area contributed by atoms with E-state index in [0.29, 0.717) is 12.1 Å². The van der Waals surface area contributed by atoms with E-state index in [2.05, 4.69) is 4.74 Å². The minimum atomic E-state index is -6.43. The molecule has 0 bridgehead atoms. The van der Waals surface area contributed by atoms with Gasteiger partial charge >= 0.3 is 30.1 Å². The van der Waals surface area contributed by atoms with E-state index >= 15 is 0 Å². The van der Waals surface area contributed by atoms with E-state index in [1.54, 1.807) is 0 Å². The number of hydrogen-bond donors (Lipinski definition) is 1. The molecule has 0 amide bonds. The highest BCUT2D eigenvalue weighted by molar-refractivity contribution is 5.82. The van der Waals surface area contributed by atoms with Gasteiger partial charge in [-0.2, -0.15) is 39.5 Å². The highest BCUT2D eigenvalue weighted by atomic mass is 19.4. The summed E-state index contributed by atoms with van der Waals surface area (Å²) in [7, 11) is 0. The summed E-state index contributed by atoms with van der Waals surface area (Å²) in [5.74, 6) is -3.05. The SMILES string of the molecule is CC(C)(OC(=O)C(O)(C(F)(F)F)C(F)(F)F)c1ccc(C(F)(F)F)cc1. The van der Waals surface area contributed by atoms with E-state index in [4.69, 9.17) is 5.11 Å². The van der Waals surface area contributed by atoms with Crippen molar-refractivity contribution in [1.29, 1.82) is 0 Å². The zero-order chi connectivity index (χ0) is 20.8. The second-order valence-electron chi connectivity index (χ2n) is 5.68. The van der Waals surface area contributed by atoms with Gasteiger partial charge in [-0.25, -0.2) is 4.79 Å². The fourth-order valence-electron chi connectivity index (χ4n) is 1.82. The van der Waals surface area contributed by atoms with Crippen molar-refractivity contribution in [2.75, 3.05) is 0 Å². The molecule has 1 aromatic rings. The number of esters is 1. The first-order chi connectivity index (χ1) is 11.3. The van der Waals surface area contributed by atoms with Gasteiger partial charge in [-0.15, -0.1) is 0 Å². The van der Waals surface area contributed by atoms with Gasteiger partial charge in [0.15, 0.2) is 0 Å². The van der Waals surface area contributed by atoms with Gasteiger partial charge in [0.05, 0.1) is 5.56 Å². The summed E-state index contributed by atoms with van der Waals surface area (Å²) < 4.78 is 117. The Morgan fingerprint density at radius 3 is 1.46 bits per heavy atom. The molecule has 0 aliphatic rings. The number of halogens is 9. The zero-order valence-corrected chi connectivity index (χ0v) is 13.0. The Bertz CT molecular complexity index is 640. The number of carbonyl (C=O) groups excluding carboxylic acids is 1. The van der Waals surface area contributed by atoms with Gasteiger partial charge in [-0.3, -0.25) is 0 Å². The Morgan fingerprint density at radius 1 is 0.808 bits per heavy atom. The molecule has 0 saturated carbocycles. The van der Waals surface area contributed by atoms with Gasteiger partial charge in [0.2, 0.25) is 0 Å². The van der Waals surface area contributed by atoms with Gasteiger partial charge in [0, 0.05) is 0 Å². The molecule has 0 aromatic heterocycles. The smallest absolute Gasteiger partial charge is 0.437 e. The van der Waals surface area contributed by atoms with Crippen molar-refractivity contribution in [2.45, 2.75) is 43.6 Å². The normalized spacial score (nSPS) is 14.3. The van der Waals surface area contributed by atoms with E-state index in [9.17, 15) is 44.3 Å². The standard InChI is InChI=1S/C14H11F9O3/c1-10(2,7-3-5-8(6-4-7)12(15,16)17)26-9(24)11(25,13(18,19)20)14(21,22)23/h3-6,25H,1-2H3. The third-order valence-electron chi connectivity index (χ3n) is 3.37. The van der Waals surface area contributed by atoms with Crippen molar-refractivity contribution in [2.24, 2.45) is 0 Å². The molecule has 0 radical (unpaired) electrons. The van der Waals surface area contributed by atoms with Crippen LogP contribution in [0.4, 0.5) is 39.5 Å². The average Bonchev–Trinajstić information content (AvgIpc) is 2.42. The number of carbonyl (C=O) groups is 1. The molecule has 0 fully saturated rings. The van der Waals surface area contributed by atoms with Gasteiger partial charge in [-0.1, -0.05) is 12.1 Å². The van der Waals surface area contributed by atoms with E-state index in [-0.39, 0.29) is 5.56 Å². The summed E-state index contributed by atoms with van der Waals surface area (Å²) >= 11 is 0. The van der Waals surface area contributed by atoms with Gasteiger partial charge < -0.3 is 9.84 Å². The van der Waals surface area contributed by atoms with E-state index in [0.717, 1.165) is 26.0 Å². The second-order valence-corrected chi connectivity index (χ2v) is 5.68. The minimum absolute atomic E-state index is 0.328. The van der Waals surface area contributed by atoms with E-state index < -0.39 is 41.3 Å². The second kappa shape index (κ2) is 6.32. The molecule has 0 aliphatic heterocycles. The van der Waals surface area contributed by atoms with Crippen LogP contribution in [0.1, 0.15) is 25.0 Å². The Labute approximate surface area is 140 Å². The summed E-state index contributed by atoms with van der Waals surface area (Å²) in [5, 5.41) is 8.94. The third kappa shape index (κ3) is 4.05. The number of benzene rings is 1. The van der Waals surface area contributed by atoms with Crippen LogP contribution >= 0.6 is 0 Å². The molecule has 0 spiro atoms. The first-order valence-corrected chi connectivity index (χ1v) is 6.61. The molecular weight excluding hydrogens is 387 g/mol. The lowest BCUT2D eigenvalue weighted by Crippen LogP contribution is -2.63. The Morgan fingerprint density at radius 2 is 1.15 bits per heavy atom. The quantitative estimate of drug-likeness (QED) is 0.609. The lowest BCUT2D eigenvalue weighted by molar-refractivity contribution is -0.359. The number of rotatable bonds is 3. The molecule has 0 aliphatic carbocycles. The molecule has 0 saturated heterocycles. The monoisotopic (exact) mass is 398 g/mol. The van der Waals surface area contributed by atoms with Gasteiger partial charge in [-0.05, 0) is 31.5 Å². The largest absolute Gasteiger partial charge is 0.452 e. The van der Waals surface area contributed by atoms with Crippen LogP contribution < -0.4 is 0 Å². The summed E-state index contributed by atoms with van der Waals surface area (Å²) in [5.41, 5.74) is -9.45. The summed E-state index contributed by atoms with van der Waals surface area (Å²) in [6.07, 6.45) is -17.6. The maximum absolute atomic E-state index is 12.6. The van der Waals surface area contributed by atoms with Crippen molar-refractivity contribution in [1.82, 2.24) is 0 Å². The number of ether oxygens (including phenoxy) is 1. The maximum Gasteiger partial charge on any atom is 0.437 e. The van der Waals surface area contributed by atoms with Crippen molar-refractivity contribution < 1.29 is 54.2 Å². The number of alkyl halides is 9. The predicted octanol–water partition coefficient (Wildman–Crippen LogP) is 4.34. The van der Waals surface area contributed by atoms with Crippen molar-refractivity contribution in [3.63, 3.8) is 0 Å². The van der Waals surface area contributed by atoms with Crippen LogP contribution in [0, 0.1) is 0 Å². The summed E-state index contributed by atoms with van der Waals surface area (Å²) in [4.78, 5) is 11.5. The van der Waals surface area contributed by atoms with Gasteiger partial charge in [0.25, 0.3) is 0 Å². The summed E-state index contributed by atoms with van der Waals surface area (Å²) in [6.45, 7) is 1.70. The number of hydrogen-bond acceptors (Lipinski definition) is 3. The van der Waals surface area contributed by atoms with Crippen LogP contribution in [0.5, 0.6) is 0 Å². The van der Waals surface area contributed by atoms with Crippen LogP contribution in [0.2, 0.25) is 0 Å². The van der Waals surface area contributed by atoms with E-state index in [1.807, 2.05) is 0 Å². The molecule has 0 unspecified atom stereocenters. The molecule has 148 valence electrons. The van der Waals surface area contributed by atoms with Crippen molar-refractivity contribution >= 4 is 5.97 Å². The fourth-order valence-corrected chi connectivity index (χ4v) is 1.82. The Hall–Kier alpha value is -1.98. The Kier molecular flexibility index (Phi) is 5.36. The van der Waals surface area contributed by atoms with Crippen LogP contribution in [0.25, 0.3) is 0 Å².